The Bertz CT molecular complexity index is 1230. The van der Waals surface area contributed by atoms with Gasteiger partial charge in [0.15, 0.2) is 0 Å². The van der Waals surface area contributed by atoms with Crippen LogP contribution in [0.25, 0.3) is 0 Å². The monoisotopic (exact) mass is 496 g/mol. The van der Waals surface area contributed by atoms with Crippen LogP contribution in [0.2, 0.25) is 0 Å². The summed E-state index contributed by atoms with van der Waals surface area (Å²) in [6.07, 6.45) is 1.53. The zero-order chi connectivity index (χ0) is 25.4. The van der Waals surface area contributed by atoms with Crippen LogP contribution >= 0.6 is 0 Å². The number of sulfonamides is 1. The van der Waals surface area contributed by atoms with Crippen molar-refractivity contribution in [2.45, 2.75) is 37.6 Å². The second-order valence-electron chi connectivity index (χ2n) is 8.36. The number of anilines is 1. The van der Waals surface area contributed by atoms with Gasteiger partial charge >= 0.3 is 0 Å². The fourth-order valence-electron chi connectivity index (χ4n) is 3.68. The Morgan fingerprint density at radius 1 is 0.971 bits per heavy atom. The summed E-state index contributed by atoms with van der Waals surface area (Å²) in [4.78, 5) is 13.1. The first-order valence-corrected chi connectivity index (χ1v) is 12.8. The Balaban J connectivity index is 1.87. The number of carbonyl (C=O) groups excluding carboxylic acids is 1. The third-order valence-corrected chi connectivity index (χ3v) is 7.44. The number of rotatable bonds is 11. The largest absolute Gasteiger partial charge is 0.497 e. The number of benzene rings is 3. The molecule has 35 heavy (non-hydrogen) atoms. The minimum absolute atomic E-state index is 0.0814. The van der Waals surface area contributed by atoms with Crippen LogP contribution in [0, 0.1) is 6.92 Å². The number of nitrogens with zero attached hydrogens (tertiary/aromatic N) is 1. The van der Waals surface area contributed by atoms with Gasteiger partial charge in [-0.3, -0.25) is 9.10 Å². The fraction of sp³-hybridized carbons (Fsp3) is 0.296. The molecule has 3 aromatic rings. The molecule has 0 saturated heterocycles. The molecule has 0 bridgehead atoms. The Hall–Kier alpha value is -3.52. The van der Waals surface area contributed by atoms with Gasteiger partial charge in [0.2, 0.25) is 5.91 Å². The molecule has 1 amide bonds. The molecular weight excluding hydrogens is 464 g/mol. The van der Waals surface area contributed by atoms with Gasteiger partial charge in [0.1, 0.15) is 18.0 Å². The Morgan fingerprint density at radius 3 is 2.29 bits per heavy atom. The Morgan fingerprint density at radius 2 is 1.66 bits per heavy atom. The second kappa shape index (κ2) is 11.8. The molecule has 0 saturated carbocycles. The van der Waals surface area contributed by atoms with Crippen LogP contribution in [-0.2, 0) is 21.2 Å². The van der Waals surface area contributed by atoms with E-state index in [2.05, 4.69) is 5.32 Å². The molecule has 1 atom stereocenters. The fourth-order valence-corrected chi connectivity index (χ4v) is 5.10. The van der Waals surface area contributed by atoms with Crippen molar-refractivity contribution in [2.75, 3.05) is 25.1 Å². The molecule has 0 aliphatic rings. The zero-order valence-corrected chi connectivity index (χ0v) is 21.3. The van der Waals surface area contributed by atoms with E-state index in [4.69, 9.17) is 9.47 Å². The second-order valence-corrected chi connectivity index (χ2v) is 10.2. The molecule has 0 unspecified atom stereocenters. The summed E-state index contributed by atoms with van der Waals surface area (Å²) >= 11 is 0. The third-order valence-electron chi connectivity index (χ3n) is 5.67. The zero-order valence-electron chi connectivity index (χ0n) is 20.5. The Kier molecular flexibility index (Phi) is 8.76. The number of aryl methyl sites for hydroxylation is 2. The van der Waals surface area contributed by atoms with Gasteiger partial charge in [-0.15, -0.1) is 0 Å². The van der Waals surface area contributed by atoms with E-state index >= 15 is 0 Å². The molecular formula is C27H32N2O5S. The van der Waals surface area contributed by atoms with Crippen molar-refractivity contribution in [1.82, 2.24) is 5.32 Å². The highest BCUT2D eigenvalue weighted by Crippen LogP contribution is 2.35. The van der Waals surface area contributed by atoms with E-state index in [0.29, 0.717) is 11.5 Å². The van der Waals surface area contributed by atoms with Gasteiger partial charge < -0.3 is 14.8 Å². The molecule has 186 valence electrons. The lowest BCUT2D eigenvalue weighted by Gasteiger charge is -2.27. The third kappa shape index (κ3) is 6.76. The standard InChI is InChI=1S/C27H32N2O5S/c1-20-10-15-24(16-11-20)35(31,32)29(25-18-23(33-3)14-17-26(25)34-4)19-27(30)28-21(2)12-13-22-8-6-5-7-9-22/h5-11,14-18,21H,12-13,19H2,1-4H3,(H,28,30)/t21-/m1/s1. The average molecular weight is 497 g/mol. The molecule has 8 heteroatoms. The minimum atomic E-state index is -4.08. The lowest BCUT2D eigenvalue weighted by Crippen LogP contribution is -2.43. The normalized spacial score (nSPS) is 12.0. The van der Waals surface area contributed by atoms with Crippen LogP contribution in [0.5, 0.6) is 11.5 Å². The summed E-state index contributed by atoms with van der Waals surface area (Å²) < 4.78 is 39.2. The van der Waals surface area contributed by atoms with E-state index in [0.717, 1.165) is 22.7 Å². The molecule has 1 N–H and O–H groups in total. The van der Waals surface area contributed by atoms with Crippen LogP contribution < -0.4 is 19.1 Å². The molecule has 3 rings (SSSR count). The first kappa shape index (κ1) is 26.1. The van der Waals surface area contributed by atoms with Crippen molar-refractivity contribution in [2.24, 2.45) is 0 Å². The van der Waals surface area contributed by atoms with E-state index in [1.54, 1.807) is 30.3 Å². The van der Waals surface area contributed by atoms with E-state index in [9.17, 15) is 13.2 Å². The van der Waals surface area contributed by atoms with Crippen molar-refractivity contribution in [1.29, 1.82) is 0 Å². The van der Waals surface area contributed by atoms with Gasteiger partial charge in [0.25, 0.3) is 10.0 Å². The lowest BCUT2D eigenvalue weighted by atomic mass is 10.1. The highest BCUT2D eigenvalue weighted by molar-refractivity contribution is 7.92. The number of carbonyl (C=O) groups is 1. The van der Waals surface area contributed by atoms with Gasteiger partial charge in [0, 0.05) is 12.1 Å². The topological polar surface area (TPSA) is 84.9 Å². The maximum atomic E-state index is 13.7. The maximum absolute atomic E-state index is 13.7. The van der Waals surface area contributed by atoms with Crippen LogP contribution in [0.4, 0.5) is 5.69 Å². The van der Waals surface area contributed by atoms with Crippen molar-refractivity contribution in [3.05, 3.63) is 83.9 Å². The number of hydrogen-bond donors (Lipinski definition) is 1. The molecule has 0 aromatic heterocycles. The van der Waals surface area contributed by atoms with Crippen molar-refractivity contribution >= 4 is 21.6 Å². The highest BCUT2D eigenvalue weighted by Gasteiger charge is 2.30. The van der Waals surface area contributed by atoms with Gasteiger partial charge in [-0.1, -0.05) is 48.0 Å². The van der Waals surface area contributed by atoms with Crippen molar-refractivity contribution < 1.29 is 22.7 Å². The summed E-state index contributed by atoms with van der Waals surface area (Å²) in [5.74, 6) is 0.346. The molecule has 0 aliphatic carbocycles. The molecule has 0 heterocycles. The SMILES string of the molecule is COc1ccc(OC)c(N(CC(=O)N[C@H](C)CCc2ccccc2)S(=O)(=O)c2ccc(C)cc2)c1. The predicted molar refractivity (Wildman–Crippen MR) is 138 cm³/mol. The summed E-state index contributed by atoms with van der Waals surface area (Å²) in [5, 5.41) is 2.93. The number of amides is 1. The van der Waals surface area contributed by atoms with Crippen molar-refractivity contribution in [3.63, 3.8) is 0 Å². The molecule has 7 nitrogen and oxygen atoms in total. The van der Waals surface area contributed by atoms with E-state index in [-0.39, 0.29) is 16.6 Å². The molecule has 0 radical (unpaired) electrons. The Labute approximate surface area is 207 Å². The van der Waals surface area contributed by atoms with E-state index in [1.165, 1.54) is 31.9 Å². The van der Waals surface area contributed by atoms with Crippen molar-refractivity contribution in [3.8, 4) is 11.5 Å². The predicted octanol–water partition coefficient (Wildman–Crippen LogP) is 4.35. The minimum Gasteiger partial charge on any atom is -0.497 e. The van der Waals surface area contributed by atoms with Crippen LogP contribution in [-0.4, -0.2) is 41.1 Å². The quantitative estimate of drug-likeness (QED) is 0.427. The first-order valence-electron chi connectivity index (χ1n) is 11.4. The van der Waals surface area contributed by atoms with E-state index < -0.39 is 22.5 Å². The molecule has 0 spiro atoms. The molecule has 0 aliphatic heterocycles. The van der Waals surface area contributed by atoms with E-state index in [1.807, 2.05) is 44.2 Å². The maximum Gasteiger partial charge on any atom is 0.264 e. The highest BCUT2D eigenvalue weighted by atomic mass is 32.2. The van der Waals surface area contributed by atoms with Gasteiger partial charge in [0.05, 0.1) is 24.8 Å². The summed E-state index contributed by atoms with van der Waals surface area (Å²) in [5.41, 5.74) is 2.33. The van der Waals surface area contributed by atoms with Gasteiger partial charge in [-0.25, -0.2) is 8.42 Å². The number of ether oxygens (including phenoxy) is 2. The van der Waals surface area contributed by atoms with Gasteiger partial charge in [-0.05, 0) is 56.5 Å². The number of hydrogen-bond acceptors (Lipinski definition) is 5. The first-order chi connectivity index (χ1) is 16.7. The van der Waals surface area contributed by atoms with Crippen LogP contribution in [0.15, 0.2) is 77.7 Å². The smallest absolute Gasteiger partial charge is 0.264 e. The number of nitrogens with one attached hydrogen (secondary N) is 1. The summed E-state index contributed by atoms with van der Waals surface area (Å²) in [6.45, 7) is 3.38. The van der Waals surface area contributed by atoms with Crippen LogP contribution in [0.3, 0.4) is 0 Å². The molecule has 3 aromatic carbocycles. The average Bonchev–Trinajstić information content (AvgIpc) is 2.86. The lowest BCUT2D eigenvalue weighted by molar-refractivity contribution is -0.120. The van der Waals surface area contributed by atoms with Gasteiger partial charge in [-0.2, -0.15) is 0 Å². The summed E-state index contributed by atoms with van der Waals surface area (Å²) in [6, 6.07) is 21.2. The van der Waals surface area contributed by atoms with Crippen LogP contribution in [0.1, 0.15) is 24.5 Å². The number of methoxy groups -OCH3 is 2. The molecule has 0 fully saturated rings. The summed E-state index contributed by atoms with van der Waals surface area (Å²) in [7, 11) is -1.13.